The SMILES string of the molecule is COc1ccc(C(C)(C=O)Cc2ccccc2C)cc1OC. The minimum absolute atomic E-state index is 0.605. The lowest BCUT2D eigenvalue weighted by molar-refractivity contribution is -0.112. The molecule has 0 amide bonds. The van der Waals surface area contributed by atoms with E-state index in [2.05, 4.69) is 19.1 Å². The summed E-state index contributed by atoms with van der Waals surface area (Å²) in [7, 11) is 3.20. The van der Waals surface area contributed by atoms with Gasteiger partial charge in [0.05, 0.1) is 19.6 Å². The fourth-order valence-corrected chi connectivity index (χ4v) is 2.61. The van der Waals surface area contributed by atoms with E-state index in [0.29, 0.717) is 17.9 Å². The molecular formula is C19H22O3. The molecule has 1 unspecified atom stereocenters. The minimum atomic E-state index is -0.605. The number of methoxy groups -OCH3 is 2. The van der Waals surface area contributed by atoms with Gasteiger partial charge in [0.25, 0.3) is 0 Å². The van der Waals surface area contributed by atoms with Crippen LogP contribution >= 0.6 is 0 Å². The van der Waals surface area contributed by atoms with Gasteiger partial charge in [-0.25, -0.2) is 0 Å². The van der Waals surface area contributed by atoms with E-state index < -0.39 is 5.41 Å². The maximum atomic E-state index is 11.8. The quantitative estimate of drug-likeness (QED) is 0.763. The summed E-state index contributed by atoms with van der Waals surface area (Å²) in [5.41, 5.74) is 2.68. The van der Waals surface area contributed by atoms with Gasteiger partial charge in [-0.05, 0) is 49.1 Å². The maximum absolute atomic E-state index is 11.8. The fourth-order valence-electron chi connectivity index (χ4n) is 2.61. The number of hydrogen-bond donors (Lipinski definition) is 0. The third-order valence-corrected chi connectivity index (χ3v) is 4.12. The van der Waals surface area contributed by atoms with Crippen LogP contribution in [0.1, 0.15) is 23.6 Å². The first-order valence-electron chi connectivity index (χ1n) is 7.27. The van der Waals surface area contributed by atoms with Crippen molar-refractivity contribution in [3.05, 3.63) is 59.2 Å². The molecule has 0 spiro atoms. The zero-order valence-corrected chi connectivity index (χ0v) is 13.6. The predicted molar refractivity (Wildman–Crippen MR) is 87.8 cm³/mol. The average Bonchev–Trinajstić information content (AvgIpc) is 2.56. The number of carbonyl (C=O) groups is 1. The highest BCUT2D eigenvalue weighted by Gasteiger charge is 2.28. The summed E-state index contributed by atoms with van der Waals surface area (Å²) < 4.78 is 10.6. The predicted octanol–water partition coefficient (Wildman–Crippen LogP) is 3.71. The van der Waals surface area contributed by atoms with Gasteiger partial charge in [0.15, 0.2) is 11.5 Å². The summed E-state index contributed by atoms with van der Waals surface area (Å²) in [4.78, 5) is 11.8. The molecule has 0 aliphatic rings. The summed E-state index contributed by atoms with van der Waals surface area (Å²) in [6.07, 6.45) is 1.67. The van der Waals surface area contributed by atoms with Crippen LogP contribution in [0.2, 0.25) is 0 Å². The van der Waals surface area contributed by atoms with Gasteiger partial charge in [0.2, 0.25) is 0 Å². The smallest absolute Gasteiger partial charge is 0.161 e. The summed E-state index contributed by atoms with van der Waals surface area (Å²) in [6.45, 7) is 4.02. The number of hydrogen-bond acceptors (Lipinski definition) is 3. The molecule has 0 aliphatic heterocycles. The molecule has 2 aromatic carbocycles. The Hall–Kier alpha value is -2.29. The van der Waals surface area contributed by atoms with Crippen molar-refractivity contribution in [2.45, 2.75) is 25.7 Å². The van der Waals surface area contributed by atoms with Crippen molar-refractivity contribution >= 4 is 6.29 Å². The molecule has 3 nitrogen and oxygen atoms in total. The third-order valence-electron chi connectivity index (χ3n) is 4.12. The standard InChI is InChI=1S/C19H22O3/c1-14-7-5-6-8-15(14)12-19(2,13-20)16-9-10-17(21-3)18(11-16)22-4/h5-11,13H,12H2,1-4H3. The number of aryl methyl sites for hydroxylation is 1. The lowest BCUT2D eigenvalue weighted by Crippen LogP contribution is -2.27. The van der Waals surface area contributed by atoms with Crippen LogP contribution < -0.4 is 9.47 Å². The summed E-state index contributed by atoms with van der Waals surface area (Å²) in [5.74, 6) is 1.30. The molecule has 22 heavy (non-hydrogen) atoms. The summed E-state index contributed by atoms with van der Waals surface area (Å²) in [6, 6.07) is 13.8. The van der Waals surface area contributed by atoms with E-state index in [1.165, 1.54) is 11.1 Å². The average molecular weight is 298 g/mol. The van der Waals surface area contributed by atoms with Crippen molar-refractivity contribution in [2.75, 3.05) is 14.2 Å². The van der Waals surface area contributed by atoms with Gasteiger partial charge >= 0.3 is 0 Å². The van der Waals surface area contributed by atoms with Crippen LogP contribution in [-0.4, -0.2) is 20.5 Å². The van der Waals surface area contributed by atoms with Crippen LogP contribution in [-0.2, 0) is 16.6 Å². The first kappa shape index (κ1) is 16.1. The number of ether oxygens (including phenoxy) is 2. The Morgan fingerprint density at radius 2 is 1.73 bits per heavy atom. The Morgan fingerprint density at radius 3 is 2.32 bits per heavy atom. The minimum Gasteiger partial charge on any atom is -0.493 e. The number of carbonyl (C=O) groups excluding carboxylic acids is 1. The van der Waals surface area contributed by atoms with Crippen LogP contribution in [0.3, 0.4) is 0 Å². The van der Waals surface area contributed by atoms with Crippen LogP contribution in [0.4, 0.5) is 0 Å². The van der Waals surface area contributed by atoms with Crippen LogP contribution in [0.5, 0.6) is 11.5 Å². The van der Waals surface area contributed by atoms with E-state index in [4.69, 9.17) is 9.47 Å². The van der Waals surface area contributed by atoms with Crippen molar-refractivity contribution in [3.63, 3.8) is 0 Å². The molecule has 0 N–H and O–H groups in total. The van der Waals surface area contributed by atoms with Gasteiger partial charge < -0.3 is 14.3 Å². The summed E-state index contributed by atoms with van der Waals surface area (Å²) >= 11 is 0. The third kappa shape index (κ3) is 3.14. The van der Waals surface area contributed by atoms with E-state index in [9.17, 15) is 4.79 Å². The topological polar surface area (TPSA) is 35.5 Å². The van der Waals surface area contributed by atoms with Crippen molar-refractivity contribution < 1.29 is 14.3 Å². The second-order valence-electron chi connectivity index (χ2n) is 5.71. The molecule has 0 saturated carbocycles. The number of aldehydes is 1. The zero-order valence-electron chi connectivity index (χ0n) is 13.6. The Balaban J connectivity index is 2.42. The maximum Gasteiger partial charge on any atom is 0.161 e. The van der Waals surface area contributed by atoms with E-state index >= 15 is 0 Å². The highest BCUT2D eigenvalue weighted by atomic mass is 16.5. The molecule has 2 aromatic rings. The molecule has 1 atom stereocenters. The molecule has 0 heterocycles. The first-order chi connectivity index (χ1) is 10.5. The monoisotopic (exact) mass is 298 g/mol. The Morgan fingerprint density at radius 1 is 1.05 bits per heavy atom. The zero-order chi connectivity index (χ0) is 16.2. The normalized spacial score (nSPS) is 13.3. The highest BCUT2D eigenvalue weighted by molar-refractivity contribution is 5.70. The van der Waals surface area contributed by atoms with Gasteiger partial charge in [-0.2, -0.15) is 0 Å². The van der Waals surface area contributed by atoms with Crippen LogP contribution in [0.15, 0.2) is 42.5 Å². The van der Waals surface area contributed by atoms with E-state index in [-0.39, 0.29) is 0 Å². The molecule has 2 rings (SSSR count). The molecule has 0 saturated heterocycles. The molecule has 0 aromatic heterocycles. The lowest BCUT2D eigenvalue weighted by Gasteiger charge is -2.25. The van der Waals surface area contributed by atoms with Gasteiger partial charge in [0, 0.05) is 0 Å². The van der Waals surface area contributed by atoms with Crippen LogP contribution in [0.25, 0.3) is 0 Å². The summed E-state index contributed by atoms with van der Waals surface area (Å²) in [5, 5.41) is 0. The lowest BCUT2D eigenvalue weighted by atomic mass is 9.77. The van der Waals surface area contributed by atoms with Crippen molar-refractivity contribution in [3.8, 4) is 11.5 Å². The Kier molecular flexibility index (Phi) is 4.86. The van der Waals surface area contributed by atoms with Crippen molar-refractivity contribution in [1.29, 1.82) is 0 Å². The Bertz CT molecular complexity index is 663. The second kappa shape index (κ2) is 6.65. The fraction of sp³-hybridized carbons (Fsp3) is 0.316. The molecule has 3 heteroatoms. The van der Waals surface area contributed by atoms with Gasteiger partial charge in [-0.1, -0.05) is 30.3 Å². The molecule has 0 fully saturated rings. The van der Waals surface area contributed by atoms with Gasteiger partial charge in [-0.15, -0.1) is 0 Å². The highest BCUT2D eigenvalue weighted by Crippen LogP contribution is 2.34. The molecule has 0 radical (unpaired) electrons. The van der Waals surface area contributed by atoms with Gasteiger partial charge in [0.1, 0.15) is 6.29 Å². The first-order valence-corrected chi connectivity index (χ1v) is 7.27. The van der Waals surface area contributed by atoms with E-state index in [1.54, 1.807) is 14.2 Å². The second-order valence-corrected chi connectivity index (χ2v) is 5.71. The molecule has 0 aliphatic carbocycles. The van der Waals surface area contributed by atoms with Crippen molar-refractivity contribution in [2.24, 2.45) is 0 Å². The van der Waals surface area contributed by atoms with Crippen LogP contribution in [0, 0.1) is 6.92 Å². The number of rotatable bonds is 6. The van der Waals surface area contributed by atoms with Crippen molar-refractivity contribution in [1.82, 2.24) is 0 Å². The largest absolute Gasteiger partial charge is 0.493 e. The molecule has 116 valence electrons. The Labute approximate surface area is 131 Å². The molecular weight excluding hydrogens is 276 g/mol. The molecule has 0 bridgehead atoms. The van der Waals surface area contributed by atoms with Gasteiger partial charge in [-0.3, -0.25) is 0 Å². The number of benzene rings is 2. The van der Waals surface area contributed by atoms with E-state index in [1.807, 2.05) is 37.3 Å². The van der Waals surface area contributed by atoms with E-state index in [0.717, 1.165) is 11.8 Å².